The van der Waals surface area contributed by atoms with Crippen LogP contribution in [0.4, 0.5) is 5.82 Å². The third kappa shape index (κ3) is 5.32. The van der Waals surface area contributed by atoms with E-state index in [2.05, 4.69) is 66.7 Å². The largest absolute Gasteiger partial charge is 0.360 e. The molecule has 1 aromatic carbocycles. The molecule has 0 unspecified atom stereocenters. The van der Waals surface area contributed by atoms with Gasteiger partial charge in [0, 0.05) is 11.7 Å². The minimum atomic E-state index is 0.0882. The molecule has 0 spiro atoms. The Morgan fingerprint density at radius 2 is 1.83 bits per heavy atom. The summed E-state index contributed by atoms with van der Waals surface area (Å²) in [7, 11) is 0. The van der Waals surface area contributed by atoms with Gasteiger partial charge < -0.3 is 10.6 Å². The van der Waals surface area contributed by atoms with Gasteiger partial charge in [-0.05, 0) is 55.6 Å². The minimum Gasteiger partial charge on any atom is -0.360 e. The van der Waals surface area contributed by atoms with Gasteiger partial charge in [0.2, 0.25) is 0 Å². The number of benzene rings is 1. The summed E-state index contributed by atoms with van der Waals surface area (Å²) >= 11 is 5.40. The van der Waals surface area contributed by atoms with E-state index in [9.17, 15) is 0 Å². The number of thiocarbonyl (C=S) groups is 1. The van der Waals surface area contributed by atoms with Crippen LogP contribution in [0.3, 0.4) is 0 Å². The maximum Gasteiger partial charge on any atom is 0.172 e. The Balaban J connectivity index is 1.91. The van der Waals surface area contributed by atoms with Crippen molar-refractivity contribution in [2.24, 2.45) is 0 Å². The Kier molecular flexibility index (Phi) is 5.72. The van der Waals surface area contributed by atoms with Crippen molar-refractivity contribution in [3.63, 3.8) is 0 Å². The van der Waals surface area contributed by atoms with Crippen LogP contribution in [0.5, 0.6) is 0 Å². The van der Waals surface area contributed by atoms with E-state index in [4.69, 9.17) is 12.2 Å². The van der Waals surface area contributed by atoms with Gasteiger partial charge in [-0.1, -0.05) is 50.2 Å². The molecule has 0 aliphatic rings. The molecular weight excluding hydrogens is 302 g/mol. The van der Waals surface area contributed by atoms with Gasteiger partial charge in [0.05, 0.1) is 0 Å². The average Bonchev–Trinajstić information content (AvgIpc) is 2.47. The molecule has 3 nitrogen and oxygen atoms in total. The van der Waals surface area contributed by atoms with E-state index in [1.807, 2.05) is 25.1 Å². The van der Waals surface area contributed by atoms with Crippen molar-refractivity contribution in [1.82, 2.24) is 10.3 Å². The number of anilines is 1. The van der Waals surface area contributed by atoms with Crippen molar-refractivity contribution < 1.29 is 0 Å². The molecule has 1 heterocycles. The number of hydrogen-bond acceptors (Lipinski definition) is 2. The SMILES string of the molecule is Cc1cccc(NC(=S)N[C@H](C)CC(C)(C)c2ccccc2)n1. The van der Waals surface area contributed by atoms with Crippen LogP contribution in [0.2, 0.25) is 0 Å². The number of aromatic nitrogens is 1. The molecule has 0 aliphatic heterocycles. The highest BCUT2D eigenvalue weighted by atomic mass is 32.1. The Hall–Kier alpha value is -1.94. The molecule has 0 saturated carbocycles. The van der Waals surface area contributed by atoms with E-state index in [1.54, 1.807) is 0 Å². The lowest BCUT2D eigenvalue weighted by molar-refractivity contribution is 0.420. The number of hydrogen-bond donors (Lipinski definition) is 2. The summed E-state index contributed by atoms with van der Waals surface area (Å²) in [6.07, 6.45) is 0.986. The van der Waals surface area contributed by atoms with E-state index >= 15 is 0 Å². The van der Waals surface area contributed by atoms with E-state index in [1.165, 1.54) is 5.56 Å². The normalized spacial score (nSPS) is 12.5. The zero-order valence-electron chi connectivity index (χ0n) is 14.3. The third-order valence-corrected chi connectivity index (χ3v) is 4.10. The zero-order chi connectivity index (χ0) is 16.9. The maximum absolute atomic E-state index is 5.40. The molecule has 2 rings (SSSR count). The van der Waals surface area contributed by atoms with Crippen molar-refractivity contribution in [3.8, 4) is 0 Å². The number of aryl methyl sites for hydroxylation is 1. The minimum absolute atomic E-state index is 0.0882. The van der Waals surface area contributed by atoms with Crippen molar-refractivity contribution in [1.29, 1.82) is 0 Å². The monoisotopic (exact) mass is 327 g/mol. The van der Waals surface area contributed by atoms with Crippen LogP contribution in [-0.2, 0) is 5.41 Å². The smallest absolute Gasteiger partial charge is 0.172 e. The van der Waals surface area contributed by atoms with E-state index < -0.39 is 0 Å². The first kappa shape index (κ1) is 17.4. The molecule has 0 fully saturated rings. The summed E-state index contributed by atoms with van der Waals surface area (Å²) in [6, 6.07) is 16.7. The lowest BCUT2D eigenvalue weighted by Crippen LogP contribution is -2.39. The molecule has 122 valence electrons. The van der Waals surface area contributed by atoms with Gasteiger partial charge in [-0.25, -0.2) is 4.98 Å². The van der Waals surface area contributed by atoms with Crippen molar-refractivity contribution in [2.45, 2.75) is 45.6 Å². The van der Waals surface area contributed by atoms with Crippen LogP contribution in [0, 0.1) is 6.92 Å². The molecule has 4 heteroatoms. The first-order valence-corrected chi connectivity index (χ1v) is 8.34. The van der Waals surface area contributed by atoms with Crippen LogP contribution in [-0.4, -0.2) is 16.1 Å². The Morgan fingerprint density at radius 1 is 1.13 bits per heavy atom. The second kappa shape index (κ2) is 7.55. The highest BCUT2D eigenvalue weighted by Crippen LogP contribution is 2.28. The maximum atomic E-state index is 5.40. The molecule has 2 N–H and O–H groups in total. The second-order valence-corrected chi connectivity index (χ2v) is 7.03. The van der Waals surface area contributed by atoms with Crippen LogP contribution < -0.4 is 10.6 Å². The number of rotatable bonds is 5. The number of nitrogens with one attached hydrogen (secondary N) is 2. The van der Waals surface area contributed by atoms with Crippen molar-refractivity contribution in [2.75, 3.05) is 5.32 Å². The predicted molar refractivity (Wildman–Crippen MR) is 102 cm³/mol. The molecule has 1 aromatic heterocycles. The molecule has 0 saturated heterocycles. The molecule has 2 aromatic rings. The van der Waals surface area contributed by atoms with Gasteiger partial charge >= 0.3 is 0 Å². The van der Waals surface area contributed by atoms with E-state index in [0.29, 0.717) is 5.11 Å². The Morgan fingerprint density at radius 3 is 2.48 bits per heavy atom. The first-order chi connectivity index (χ1) is 10.9. The fourth-order valence-corrected chi connectivity index (χ4v) is 3.12. The van der Waals surface area contributed by atoms with Gasteiger partial charge in [-0.15, -0.1) is 0 Å². The predicted octanol–water partition coefficient (Wildman–Crippen LogP) is 4.43. The van der Waals surface area contributed by atoms with Crippen molar-refractivity contribution >= 4 is 23.1 Å². The Bertz CT molecular complexity index is 653. The van der Waals surface area contributed by atoms with Crippen LogP contribution >= 0.6 is 12.2 Å². The van der Waals surface area contributed by atoms with Gasteiger partial charge in [0.25, 0.3) is 0 Å². The molecule has 0 bridgehead atoms. The standard InChI is InChI=1S/C19H25N3S/c1-14-9-8-12-17(20-14)22-18(23)21-15(2)13-19(3,4)16-10-6-5-7-11-16/h5-12,15H,13H2,1-4H3,(H2,20,21,22,23)/t15-/m1/s1. The highest BCUT2D eigenvalue weighted by Gasteiger charge is 2.23. The fourth-order valence-electron chi connectivity index (χ4n) is 2.81. The summed E-state index contributed by atoms with van der Waals surface area (Å²) in [4.78, 5) is 4.40. The number of pyridine rings is 1. The second-order valence-electron chi connectivity index (χ2n) is 6.62. The molecule has 23 heavy (non-hydrogen) atoms. The van der Waals surface area contributed by atoms with E-state index in [0.717, 1.165) is 17.9 Å². The quantitative estimate of drug-likeness (QED) is 0.797. The molecule has 1 atom stereocenters. The van der Waals surface area contributed by atoms with Crippen LogP contribution in [0.15, 0.2) is 48.5 Å². The Labute approximate surface area is 144 Å². The van der Waals surface area contributed by atoms with Crippen LogP contribution in [0.25, 0.3) is 0 Å². The molecule has 0 aliphatic carbocycles. The topological polar surface area (TPSA) is 37.0 Å². The highest BCUT2D eigenvalue weighted by molar-refractivity contribution is 7.80. The molecule has 0 amide bonds. The molecular formula is C19H25N3S. The number of nitrogens with zero attached hydrogens (tertiary/aromatic N) is 1. The summed E-state index contributed by atoms with van der Waals surface area (Å²) < 4.78 is 0. The zero-order valence-corrected chi connectivity index (χ0v) is 15.1. The average molecular weight is 327 g/mol. The van der Waals surface area contributed by atoms with Crippen LogP contribution in [0.1, 0.15) is 38.4 Å². The fraction of sp³-hybridized carbons (Fsp3) is 0.368. The lowest BCUT2D eigenvalue weighted by atomic mass is 9.79. The lowest BCUT2D eigenvalue weighted by Gasteiger charge is -2.29. The van der Waals surface area contributed by atoms with Gasteiger partial charge in [0.1, 0.15) is 5.82 Å². The summed E-state index contributed by atoms with van der Waals surface area (Å²) in [5, 5.41) is 7.11. The third-order valence-electron chi connectivity index (χ3n) is 3.88. The molecule has 0 radical (unpaired) electrons. The van der Waals surface area contributed by atoms with E-state index in [-0.39, 0.29) is 11.5 Å². The van der Waals surface area contributed by atoms with Crippen molar-refractivity contribution in [3.05, 3.63) is 59.8 Å². The summed E-state index contributed by atoms with van der Waals surface area (Å²) in [6.45, 7) is 8.65. The summed E-state index contributed by atoms with van der Waals surface area (Å²) in [5.41, 5.74) is 2.40. The van der Waals surface area contributed by atoms with Gasteiger partial charge in [-0.3, -0.25) is 0 Å². The van der Waals surface area contributed by atoms with Gasteiger partial charge in [0.15, 0.2) is 5.11 Å². The summed E-state index contributed by atoms with van der Waals surface area (Å²) in [5.74, 6) is 0.775. The van der Waals surface area contributed by atoms with Gasteiger partial charge in [-0.2, -0.15) is 0 Å². The first-order valence-electron chi connectivity index (χ1n) is 7.93.